The molecule has 4 aromatic rings. The number of carbonyl (C=O) groups excluding carboxylic acids is 1. The Hall–Kier alpha value is -3.82. The first-order chi connectivity index (χ1) is 18.0. The number of pyridine rings is 3. The van der Waals surface area contributed by atoms with E-state index >= 15 is 0 Å². The molecule has 0 radical (unpaired) electrons. The molecular weight excluding hydrogens is 466 g/mol. The van der Waals surface area contributed by atoms with Crippen molar-refractivity contribution in [2.45, 2.75) is 25.8 Å². The molecule has 9 nitrogen and oxygen atoms in total. The standard InChI is InChI=1S/C24H25N7O.C4H8O/c1-30(2)11-8-15-5-4-6-20(28-15)29-19-14-26-22(18-13-27-24(32)21(18)19)16-7-10-25-23-17(16)9-12-31(23)3;1-2-4-5-3-1/h4-7,9-10,12,14H,8,11,13H2,1-3H3,(H,27,32)(H,28,29);1-4H2. The molecule has 2 aliphatic rings. The maximum Gasteiger partial charge on any atom is 0.254 e. The van der Waals surface area contributed by atoms with E-state index in [4.69, 9.17) is 14.7 Å². The van der Waals surface area contributed by atoms with Crippen molar-refractivity contribution < 1.29 is 9.53 Å². The highest BCUT2D eigenvalue weighted by Crippen LogP contribution is 2.35. The molecule has 6 rings (SSSR count). The lowest BCUT2D eigenvalue weighted by atomic mass is 10.0. The highest BCUT2D eigenvalue weighted by Gasteiger charge is 2.28. The molecule has 0 bridgehead atoms. The fourth-order valence-electron chi connectivity index (χ4n) is 4.61. The van der Waals surface area contributed by atoms with Gasteiger partial charge in [0.1, 0.15) is 11.5 Å². The van der Waals surface area contributed by atoms with Crippen LogP contribution in [-0.2, 0) is 24.8 Å². The first-order valence-electron chi connectivity index (χ1n) is 12.7. The summed E-state index contributed by atoms with van der Waals surface area (Å²) >= 11 is 0. The van der Waals surface area contributed by atoms with E-state index in [9.17, 15) is 4.79 Å². The zero-order valence-electron chi connectivity index (χ0n) is 21.6. The van der Waals surface area contributed by atoms with Crippen LogP contribution in [0.1, 0.15) is 34.5 Å². The highest BCUT2D eigenvalue weighted by atomic mass is 16.5. The number of carbonyl (C=O) groups is 1. The maximum atomic E-state index is 12.8. The lowest BCUT2D eigenvalue weighted by Gasteiger charge is -2.14. The molecule has 9 heteroatoms. The third-order valence-electron chi connectivity index (χ3n) is 6.57. The molecule has 0 aromatic carbocycles. The van der Waals surface area contributed by atoms with E-state index in [0.29, 0.717) is 23.6 Å². The third-order valence-corrected chi connectivity index (χ3v) is 6.57. The molecule has 37 heavy (non-hydrogen) atoms. The van der Waals surface area contributed by atoms with Crippen LogP contribution in [0, 0.1) is 0 Å². The first kappa shape index (κ1) is 24.9. The van der Waals surface area contributed by atoms with Crippen molar-refractivity contribution in [3.05, 3.63) is 65.7 Å². The summed E-state index contributed by atoms with van der Waals surface area (Å²) in [5, 5.41) is 7.29. The Balaban J connectivity index is 0.000000503. The molecule has 0 saturated carbocycles. The Morgan fingerprint density at radius 3 is 2.73 bits per heavy atom. The van der Waals surface area contributed by atoms with Crippen molar-refractivity contribution >= 4 is 28.4 Å². The maximum absolute atomic E-state index is 12.8. The predicted molar refractivity (Wildman–Crippen MR) is 145 cm³/mol. The lowest BCUT2D eigenvalue weighted by Crippen LogP contribution is -2.16. The number of rotatable bonds is 6. The second-order valence-corrected chi connectivity index (χ2v) is 9.59. The molecule has 2 N–H and O–H groups in total. The van der Waals surface area contributed by atoms with Gasteiger partial charge in [-0.05, 0) is 51.2 Å². The van der Waals surface area contributed by atoms with Gasteiger partial charge in [0.05, 0.1) is 23.1 Å². The average molecular weight is 500 g/mol. The van der Waals surface area contributed by atoms with Crippen molar-refractivity contribution in [3.8, 4) is 11.3 Å². The number of aromatic nitrogens is 4. The number of likely N-dealkylation sites (N-methyl/N-ethyl adjacent to an activating group) is 1. The van der Waals surface area contributed by atoms with Gasteiger partial charge in [0.2, 0.25) is 0 Å². The van der Waals surface area contributed by atoms with Gasteiger partial charge in [-0.1, -0.05) is 6.07 Å². The number of hydrogen-bond donors (Lipinski definition) is 2. The van der Waals surface area contributed by atoms with Crippen LogP contribution in [0.25, 0.3) is 22.3 Å². The van der Waals surface area contributed by atoms with Crippen molar-refractivity contribution in [1.29, 1.82) is 0 Å². The Labute approximate surface area is 216 Å². The monoisotopic (exact) mass is 499 g/mol. The van der Waals surface area contributed by atoms with E-state index in [0.717, 1.165) is 59.7 Å². The van der Waals surface area contributed by atoms with Crippen molar-refractivity contribution in [2.24, 2.45) is 7.05 Å². The number of amides is 1. The van der Waals surface area contributed by atoms with Crippen LogP contribution in [-0.4, -0.2) is 64.2 Å². The van der Waals surface area contributed by atoms with Crippen LogP contribution >= 0.6 is 0 Å². The summed E-state index contributed by atoms with van der Waals surface area (Å²) < 4.78 is 6.92. The smallest absolute Gasteiger partial charge is 0.254 e. The summed E-state index contributed by atoms with van der Waals surface area (Å²) in [6.45, 7) is 3.36. The Bertz CT molecular complexity index is 1400. The van der Waals surface area contributed by atoms with Gasteiger partial charge in [-0.2, -0.15) is 0 Å². The molecule has 1 fully saturated rings. The fourth-order valence-corrected chi connectivity index (χ4v) is 4.61. The Morgan fingerprint density at radius 1 is 1.14 bits per heavy atom. The molecule has 0 aliphatic carbocycles. The van der Waals surface area contributed by atoms with Gasteiger partial charge in [-0.15, -0.1) is 0 Å². The molecule has 0 atom stereocenters. The van der Waals surface area contributed by atoms with Crippen LogP contribution in [0.2, 0.25) is 0 Å². The van der Waals surface area contributed by atoms with Crippen LogP contribution in [0.4, 0.5) is 11.5 Å². The van der Waals surface area contributed by atoms with E-state index in [2.05, 4.69) is 20.5 Å². The van der Waals surface area contributed by atoms with Gasteiger partial charge < -0.3 is 24.8 Å². The van der Waals surface area contributed by atoms with Gasteiger partial charge in [0, 0.05) is 74.4 Å². The summed E-state index contributed by atoms with van der Waals surface area (Å²) in [7, 11) is 6.06. The molecule has 0 spiro atoms. The Kier molecular flexibility index (Phi) is 7.43. The first-order valence-corrected chi connectivity index (χ1v) is 12.7. The summed E-state index contributed by atoms with van der Waals surface area (Å²) in [6.07, 6.45) is 8.90. The van der Waals surface area contributed by atoms with Crippen molar-refractivity contribution in [1.82, 2.24) is 29.7 Å². The number of nitrogens with one attached hydrogen (secondary N) is 2. The zero-order valence-corrected chi connectivity index (χ0v) is 21.6. The lowest BCUT2D eigenvalue weighted by molar-refractivity contribution is 0.0966. The average Bonchev–Trinajstić information content (AvgIpc) is 3.67. The van der Waals surface area contributed by atoms with E-state index in [1.807, 2.05) is 62.2 Å². The molecule has 0 unspecified atom stereocenters. The SMILES string of the molecule is C1CCOC1.CN(C)CCc1cccc(Nc2cnc(-c3ccnc4c3ccn4C)c3c2C(=O)NC3)n1. The van der Waals surface area contributed by atoms with Crippen molar-refractivity contribution in [3.63, 3.8) is 0 Å². The molecule has 1 saturated heterocycles. The number of aryl methyl sites for hydroxylation is 1. The van der Waals surface area contributed by atoms with Gasteiger partial charge >= 0.3 is 0 Å². The molecular formula is C28H33N7O2. The van der Waals surface area contributed by atoms with Crippen LogP contribution in [0.3, 0.4) is 0 Å². The van der Waals surface area contributed by atoms with Crippen LogP contribution in [0.5, 0.6) is 0 Å². The molecule has 192 valence electrons. The van der Waals surface area contributed by atoms with Gasteiger partial charge in [-0.3, -0.25) is 9.78 Å². The molecule has 4 aromatic heterocycles. The van der Waals surface area contributed by atoms with E-state index in [1.165, 1.54) is 12.8 Å². The van der Waals surface area contributed by atoms with Gasteiger partial charge in [-0.25, -0.2) is 9.97 Å². The second-order valence-electron chi connectivity index (χ2n) is 9.59. The third kappa shape index (κ3) is 5.47. The van der Waals surface area contributed by atoms with E-state index in [-0.39, 0.29) is 5.91 Å². The molecule has 1 amide bonds. The topological polar surface area (TPSA) is 97.2 Å². The number of nitrogens with zero attached hydrogens (tertiary/aromatic N) is 5. The largest absolute Gasteiger partial charge is 0.381 e. The second kappa shape index (κ2) is 11.1. The van der Waals surface area contributed by atoms with Crippen LogP contribution in [0.15, 0.2) is 48.9 Å². The minimum absolute atomic E-state index is 0.103. The number of fused-ring (bicyclic) bond motifs is 2. The number of ether oxygens (including phenoxy) is 1. The summed E-state index contributed by atoms with van der Waals surface area (Å²) in [6, 6.07) is 9.89. The molecule has 2 aliphatic heterocycles. The number of anilines is 2. The van der Waals surface area contributed by atoms with Crippen molar-refractivity contribution in [2.75, 3.05) is 39.2 Å². The highest BCUT2D eigenvalue weighted by molar-refractivity contribution is 6.06. The summed E-state index contributed by atoms with van der Waals surface area (Å²) in [5.41, 5.74) is 5.83. The summed E-state index contributed by atoms with van der Waals surface area (Å²) in [4.78, 5) is 28.8. The number of hydrogen-bond acceptors (Lipinski definition) is 7. The van der Waals surface area contributed by atoms with Gasteiger partial charge in [0.15, 0.2) is 0 Å². The minimum atomic E-state index is -0.103. The van der Waals surface area contributed by atoms with Crippen LogP contribution < -0.4 is 10.6 Å². The fraction of sp³-hybridized carbons (Fsp3) is 0.357. The van der Waals surface area contributed by atoms with Gasteiger partial charge in [0.25, 0.3) is 5.91 Å². The normalized spacial score (nSPS) is 14.4. The quantitative estimate of drug-likeness (QED) is 0.415. The van der Waals surface area contributed by atoms with E-state index in [1.54, 1.807) is 12.4 Å². The van der Waals surface area contributed by atoms with E-state index < -0.39 is 0 Å². The Morgan fingerprint density at radius 2 is 1.97 bits per heavy atom. The zero-order chi connectivity index (χ0) is 25.8. The minimum Gasteiger partial charge on any atom is -0.381 e. The summed E-state index contributed by atoms with van der Waals surface area (Å²) in [5.74, 6) is 0.598. The predicted octanol–water partition coefficient (Wildman–Crippen LogP) is 3.92. The molecule has 6 heterocycles.